The molecule has 7 heteroatoms. The summed E-state index contributed by atoms with van der Waals surface area (Å²) in [5, 5.41) is 5.02. The Bertz CT molecular complexity index is 563. The monoisotopic (exact) mass is 337 g/mol. The smallest absolute Gasteiger partial charge is 0.321 e. The van der Waals surface area contributed by atoms with Gasteiger partial charge in [-0.1, -0.05) is 13.0 Å². The first-order valence-corrected chi connectivity index (χ1v) is 7.89. The fraction of sp³-hybridized carbons (Fsp3) is 0.529. The summed E-state index contributed by atoms with van der Waals surface area (Å²) in [6.07, 6.45) is 0.806. The Kier molecular flexibility index (Phi) is 8.05. The van der Waals surface area contributed by atoms with E-state index in [9.17, 15) is 9.59 Å². The van der Waals surface area contributed by atoms with Gasteiger partial charge in [0.25, 0.3) is 0 Å². The first kappa shape index (κ1) is 19.8. The zero-order valence-electron chi connectivity index (χ0n) is 15.0. The van der Waals surface area contributed by atoms with Crippen LogP contribution in [0.15, 0.2) is 18.2 Å². The molecule has 0 radical (unpaired) electrons. The topological polar surface area (TPSA) is 79.9 Å². The van der Waals surface area contributed by atoms with E-state index in [1.165, 1.54) is 0 Å². The number of hydrogen-bond donors (Lipinski definition) is 2. The number of nitrogens with zero attached hydrogens (tertiary/aromatic N) is 1. The molecule has 0 unspecified atom stereocenters. The van der Waals surface area contributed by atoms with Crippen LogP contribution in [-0.2, 0) is 11.3 Å². The fourth-order valence-corrected chi connectivity index (χ4v) is 2.12. The highest BCUT2D eigenvalue weighted by molar-refractivity contribution is 5.95. The summed E-state index contributed by atoms with van der Waals surface area (Å²) in [5.41, 5.74) is 0.979. The van der Waals surface area contributed by atoms with Crippen LogP contribution in [0.2, 0.25) is 0 Å². The van der Waals surface area contributed by atoms with Gasteiger partial charge in [0.1, 0.15) is 0 Å². The number of amides is 3. The Hall–Kier alpha value is -2.28. The summed E-state index contributed by atoms with van der Waals surface area (Å²) in [6.45, 7) is 4.50. The first-order chi connectivity index (χ1) is 11.4. The number of rotatable bonds is 8. The molecule has 0 saturated carbocycles. The van der Waals surface area contributed by atoms with Gasteiger partial charge in [0.2, 0.25) is 5.91 Å². The van der Waals surface area contributed by atoms with E-state index >= 15 is 0 Å². The molecule has 0 aliphatic carbocycles. The molecule has 1 atom stereocenters. The van der Waals surface area contributed by atoms with Gasteiger partial charge < -0.3 is 14.8 Å². The summed E-state index contributed by atoms with van der Waals surface area (Å²) in [4.78, 5) is 25.3. The van der Waals surface area contributed by atoms with Crippen LogP contribution < -0.4 is 20.1 Å². The fourth-order valence-electron chi connectivity index (χ4n) is 2.12. The zero-order chi connectivity index (χ0) is 18.1. The molecule has 1 aromatic rings. The quantitative estimate of drug-likeness (QED) is 0.756. The number of benzene rings is 1. The Labute approximate surface area is 143 Å². The predicted molar refractivity (Wildman–Crippen MR) is 92.3 cm³/mol. The van der Waals surface area contributed by atoms with E-state index in [1.807, 2.05) is 44.0 Å². The van der Waals surface area contributed by atoms with Gasteiger partial charge in [-0.15, -0.1) is 0 Å². The maximum atomic E-state index is 11.9. The van der Waals surface area contributed by atoms with Gasteiger partial charge in [0.05, 0.1) is 20.8 Å². The number of carbonyl (C=O) groups is 2. The van der Waals surface area contributed by atoms with E-state index < -0.39 is 6.03 Å². The molecule has 0 saturated heterocycles. The third-order valence-electron chi connectivity index (χ3n) is 3.56. The number of carbonyl (C=O) groups excluding carboxylic acids is 2. The SMILES string of the molecule is CC[C@H](C)NC(=O)NC(=O)CN(C)Cc1ccc(OC)c(OC)c1. The molecule has 0 fully saturated rings. The lowest BCUT2D eigenvalue weighted by Gasteiger charge is -2.18. The molecule has 3 amide bonds. The largest absolute Gasteiger partial charge is 0.493 e. The Morgan fingerprint density at radius 1 is 1.21 bits per heavy atom. The summed E-state index contributed by atoms with van der Waals surface area (Å²) in [5.74, 6) is 0.947. The second-order valence-corrected chi connectivity index (χ2v) is 5.69. The summed E-state index contributed by atoms with van der Waals surface area (Å²) >= 11 is 0. The van der Waals surface area contributed by atoms with Crippen LogP contribution >= 0.6 is 0 Å². The second-order valence-electron chi connectivity index (χ2n) is 5.69. The molecule has 0 aliphatic heterocycles. The molecule has 0 aromatic heterocycles. The molecular weight excluding hydrogens is 310 g/mol. The molecule has 7 nitrogen and oxygen atoms in total. The standard InChI is InChI=1S/C17H27N3O4/c1-6-12(2)18-17(22)19-16(21)11-20(3)10-13-7-8-14(23-4)15(9-13)24-5/h7-9,12H,6,10-11H2,1-5H3,(H2,18,19,21,22)/t12-/m0/s1. The van der Waals surface area contributed by atoms with Crippen molar-refractivity contribution in [2.24, 2.45) is 0 Å². The van der Waals surface area contributed by atoms with E-state index in [0.717, 1.165) is 12.0 Å². The van der Waals surface area contributed by atoms with Crippen molar-refractivity contribution < 1.29 is 19.1 Å². The highest BCUT2D eigenvalue weighted by Crippen LogP contribution is 2.27. The van der Waals surface area contributed by atoms with Crippen molar-refractivity contribution in [3.05, 3.63) is 23.8 Å². The Morgan fingerprint density at radius 3 is 2.46 bits per heavy atom. The molecule has 0 bridgehead atoms. The highest BCUT2D eigenvalue weighted by atomic mass is 16.5. The Balaban J connectivity index is 2.52. The molecule has 2 N–H and O–H groups in total. The third-order valence-corrected chi connectivity index (χ3v) is 3.56. The third kappa shape index (κ3) is 6.45. The molecule has 0 aliphatic rings. The van der Waals surface area contributed by atoms with Crippen molar-refractivity contribution in [2.75, 3.05) is 27.8 Å². The van der Waals surface area contributed by atoms with Crippen LogP contribution in [-0.4, -0.2) is 50.7 Å². The second kappa shape index (κ2) is 9.77. The van der Waals surface area contributed by atoms with Gasteiger partial charge in [-0.25, -0.2) is 4.79 Å². The van der Waals surface area contributed by atoms with E-state index in [0.29, 0.717) is 18.0 Å². The molecule has 0 spiro atoms. The van der Waals surface area contributed by atoms with Crippen LogP contribution in [0, 0.1) is 0 Å². The minimum atomic E-state index is -0.464. The number of urea groups is 1. The summed E-state index contributed by atoms with van der Waals surface area (Å²) in [6, 6.07) is 5.16. The van der Waals surface area contributed by atoms with Crippen molar-refractivity contribution in [3.8, 4) is 11.5 Å². The van der Waals surface area contributed by atoms with E-state index in [2.05, 4.69) is 10.6 Å². The molecular formula is C17H27N3O4. The summed E-state index contributed by atoms with van der Waals surface area (Å²) < 4.78 is 10.5. The predicted octanol–water partition coefficient (Wildman–Crippen LogP) is 1.76. The van der Waals surface area contributed by atoms with Crippen molar-refractivity contribution in [1.29, 1.82) is 0 Å². The van der Waals surface area contributed by atoms with Crippen molar-refractivity contribution >= 4 is 11.9 Å². The van der Waals surface area contributed by atoms with E-state index in [1.54, 1.807) is 14.2 Å². The minimum Gasteiger partial charge on any atom is -0.493 e. The average Bonchev–Trinajstić information content (AvgIpc) is 2.53. The van der Waals surface area contributed by atoms with Crippen LogP contribution in [0.5, 0.6) is 11.5 Å². The Morgan fingerprint density at radius 2 is 1.88 bits per heavy atom. The van der Waals surface area contributed by atoms with Gasteiger partial charge in [-0.05, 0) is 38.1 Å². The van der Waals surface area contributed by atoms with Crippen LogP contribution in [0.4, 0.5) is 4.79 Å². The number of ether oxygens (including phenoxy) is 2. The van der Waals surface area contributed by atoms with E-state index in [4.69, 9.17) is 9.47 Å². The molecule has 134 valence electrons. The number of nitrogens with one attached hydrogen (secondary N) is 2. The van der Waals surface area contributed by atoms with Crippen molar-refractivity contribution in [2.45, 2.75) is 32.9 Å². The van der Waals surface area contributed by atoms with Crippen molar-refractivity contribution in [1.82, 2.24) is 15.5 Å². The molecule has 0 heterocycles. The van der Waals surface area contributed by atoms with Gasteiger partial charge in [-0.3, -0.25) is 15.0 Å². The van der Waals surface area contributed by atoms with Crippen LogP contribution in [0.25, 0.3) is 0 Å². The van der Waals surface area contributed by atoms with Gasteiger partial charge >= 0.3 is 6.03 Å². The highest BCUT2D eigenvalue weighted by Gasteiger charge is 2.13. The molecule has 1 rings (SSSR count). The first-order valence-electron chi connectivity index (χ1n) is 7.89. The van der Waals surface area contributed by atoms with Crippen LogP contribution in [0.3, 0.4) is 0 Å². The molecule has 1 aromatic carbocycles. The minimum absolute atomic E-state index is 0.0299. The number of methoxy groups -OCH3 is 2. The average molecular weight is 337 g/mol. The maximum absolute atomic E-state index is 11.9. The maximum Gasteiger partial charge on any atom is 0.321 e. The zero-order valence-corrected chi connectivity index (χ0v) is 15.0. The normalized spacial score (nSPS) is 11.8. The van der Waals surface area contributed by atoms with E-state index in [-0.39, 0.29) is 18.5 Å². The van der Waals surface area contributed by atoms with Crippen molar-refractivity contribution in [3.63, 3.8) is 0 Å². The van der Waals surface area contributed by atoms with Gasteiger partial charge in [0, 0.05) is 12.6 Å². The number of hydrogen-bond acceptors (Lipinski definition) is 5. The molecule has 24 heavy (non-hydrogen) atoms. The summed E-state index contributed by atoms with van der Waals surface area (Å²) in [7, 11) is 4.97. The van der Waals surface area contributed by atoms with Crippen LogP contribution in [0.1, 0.15) is 25.8 Å². The number of likely N-dealkylation sites (N-methyl/N-ethyl adjacent to an activating group) is 1. The number of imide groups is 1. The lowest BCUT2D eigenvalue weighted by Crippen LogP contribution is -2.46. The lowest BCUT2D eigenvalue weighted by molar-refractivity contribution is -0.121. The van der Waals surface area contributed by atoms with Gasteiger partial charge in [0.15, 0.2) is 11.5 Å². The van der Waals surface area contributed by atoms with Gasteiger partial charge in [-0.2, -0.15) is 0 Å². The lowest BCUT2D eigenvalue weighted by atomic mass is 10.2.